The second kappa shape index (κ2) is 8.42. The maximum absolute atomic E-state index is 12.7. The summed E-state index contributed by atoms with van der Waals surface area (Å²) in [6.07, 6.45) is 4.05. The molecule has 0 saturated carbocycles. The van der Waals surface area contributed by atoms with Gasteiger partial charge < -0.3 is 9.30 Å². The molecule has 1 amide bonds. The lowest BCUT2D eigenvalue weighted by atomic mass is 10.1. The van der Waals surface area contributed by atoms with Crippen LogP contribution in [0.4, 0.5) is 5.13 Å². The number of ether oxygens (including phenoxy) is 1. The summed E-state index contributed by atoms with van der Waals surface area (Å²) in [5.74, 6) is -0.446. The molecule has 0 bridgehead atoms. The van der Waals surface area contributed by atoms with Crippen molar-refractivity contribution in [1.82, 2.24) is 9.55 Å². The fraction of sp³-hybridized carbons (Fsp3) is 0.348. The number of aromatic nitrogens is 2. The van der Waals surface area contributed by atoms with E-state index in [4.69, 9.17) is 4.74 Å². The fourth-order valence-electron chi connectivity index (χ4n) is 3.85. The Morgan fingerprint density at radius 1 is 1.43 bits per heavy atom. The van der Waals surface area contributed by atoms with Gasteiger partial charge in [-0.15, -0.1) is 0 Å². The molecule has 0 aliphatic carbocycles. The van der Waals surface area contributed by atoms with Gasteiger partial charge in [0.05, 0.1) is 16.3 Å². The maximum atomic E-state index is 12.7. The van der Waals surface area contributed by atoms with Crippen LogP contribution in [0.15, 0.2) is 29.8 Å². The number of nitrogens with zero attached hydrogens (tertiary/aromatic N) is 3. The predicted molar refractivity (Wildman–Crippen MR) is 119 cm³/mol. The summed E-state index contributed by atoms with van der Waals surface area (Å²) < 4.78 is 8.96. The van der Waals surface area contributed by atoms with Gasteiger partial charge in [0.1, 0.15) is 11.6 Å². The van der Waals surface area contributed by atoms with Gasteiger partial charge in [0.25, 0.3) is 5.91 Å². The SMILES string of the molecule is Cc1cccc2sc(NC(=O)/C(C#N)=C/c3cc(C)n(C[C@@H]4CCCO4)c3C)nc12. The maximum Gasteiger partial charge on any atom is 0.268 e. The number of carbonyl (C=O) groups is 1. The van der Waals surface area contributed by atoms with Crippen LogP contribution in [0.25, 0.3) is 16.3 Å². The number of para-hydroxylation sites is 1. The summed E-state index contributed by atoms with van der Waals surface area (Å²) in [7, 11) is 0. The molecule has 0 spiro atoms. The van der Waals surface area contributed by atoms with E-state index in [0.717, 1.165) is 58.7 Å². The van der Waals surface area contributed by atoms with Crippen LogP contribution in [-0.2, 0) is 16.1 Å². The third-order valence-corrected chi connectivity index (χ3v) is 6.47. The van der Waals surface area contributed by atoms with Gasteiger partial charge in [-0.3, -0.25) is 10.1 Å². The van der Waals surface area contributed by atoms with Crippen molar-refractivity contribution in [3.63, 3.8) is 0 Å². The summed E-state index contributed by atoms with van der Waals surface area (Å²) in [5, 5.41) is 12.9. The van der Waals surface area contributed by atoms with Gasteiger partial charge in [-0.25, -0.2) is 4.98 Å². The zero-order valence-corrected chi connectivity index (χ0v) is 18.2. The summed E-state index contributed by atoms with van der Waals surface area (Å²) in [6.45, 7) is 7.65. The van der Waals surface area contributed by atoms with E-state index in [2.05, 4.69) is 14.9 Å². The highest BCUT2D eigenvalue weighted by molar-refractivity contribution is 7.22. The van der Waals surface area contributed by atoms with Gasteiger partial charge in [0.15, 0.2) is 5.13 Å². The molecule has 1 aliphatic rings. The zero-order chi connectivity index (χ0) is 21.3. The topological polar surface area (TPSA) is 79.9 Å². The molecule has 7 heteroatoms. The van der Waals surface area contributed by atoms with Crippen LogP contribution < -0.4 is 5.32 Å². The molecule has 1 aliphatic heterocycles. The van der Waals surface area contributed by atoms with Crippen molar-refractivity contribution >= 4 is 38.7 Å². The lowest BCUT2D eigenvalue weighted by Gasteiger charge is -2.14. The zero-order valence-electron chi connectivity index (χ0n) is 17.4. The van der Waals surface area contributed by atoms with Crippen molar-refractivity contribution in [2.75, 3.05) is 11.9 Å². The first kappa shape index (κ1) is 20.3. The normalized spacial score (nSPS) is 16.7. The molecular formula is C23H24N4O2S. The number of nitrogens with one attached hydrogen (secondary N) is 1. The number of carbonyl (C=O) groups excluding carboxylic acids is 1. The van der Waals surface area contributed by atoms with Crippen LogP contribution in [0.1, 0.15) is 35.4 Å². The highest BCUT2D eigenvalue weighted by Crippen LogP contribution is 2.28. The minimum atomic E-state index is -0.446. The molecule has 30 heavy (non-hydrogen) atoms. The van der Waals surface area contributed by atoms with Crippen molar-refractivity contribution in [3.8, 4) is 6.07 Å². The Hall–Kier alpha value is -2.95. The number of fused-ring (bicyclic) bond motifs is 1. The van der Waals surface area contributed by atoms with Gasteiger partial charge in [0.2, 0.25) is 0 Å². The van der Waals surface area contributed by atoms with Crippen molar-refractivity contribution < 1.29 is 9.53 Å². The van der Waals surface area contributed by atoms with E-state index in [1.165, 1.54) is 11.3 Å². The average Bonchev–Trinajstić information content (AvgIpc) is 3.43. The van der Waals surface area contributed by atoms with E-state index in [0.29, 0.717) is 5.13 Å². The largest absolute Gasteiger partial charge is 0.376 e. The quantitative estimate of drug-likeness (QED) is 0.477. The number of thiazole rings is 1. The highest BCUT2D eigenvalue weighted by atomic mass is 32.1. The summed E-state index contributed by atoms with van der Waals surface area (Å²) >= 11 is 1.40. The van der Waals surface area contributed by atoms with Crippen LogP contribution in [0.5, 0.6) is 0 Å². The molecule has 6 nitrogen and oxygen atoms in total. The second-order valence-corrected chi connectivity index (χ2v) is 8.67. The lowest BCUT2D eigenvalue weighted by Crippen LogP contribution is -2.17. The van der Waals surface area contributed by atoms with Crippen LogP contribution in [0, 0.1) is 32.1 Å². The Morgan fingerprint density at radius 2 is 2.27 bits per heavy atom. The Morgan fingerprint density at radius 3 is 2.97 bits per heavy atom. The first-order valence-corrected chi connectivity index (χ1v) is 10.9. The molecule has 4 rings (SSSR count). The van der Waals surface area contributed by atoms with Gasteiger partial charge in [-0.1, -0.05) is 23.5 Å². The second-order valence-electron chi connectivity index (χ2n) is 7.64. The molecule has 3 aromatic rings. The van der Waals surface area contributed by atoms with Crippen LogP contribution in [0.2, 0.25) is 0 Å². The number of hydrogen-bond donors (Lipinski definition) is 1. The molecular weight excluding hydrogens is 396 g/mol. The fourth-order valence-corrected chi connectivity index (χ4v) is 4.79. The van der Waals surface area contributed by atoms with Gasteiger partial charge >= 0.3 is 0 Å². The Balaban J connectivity index is 1.56. The molecule has 3 heterocycles. The van der Waals surface area contributed by atoms with Crippen molar-refractivity contribution in [3.05, 3.63) is 52.4 Å². The Kier molecular flexibility index (Phi) is 5.71. The van der Waals surface area contributed by atoms with Crippen molar-refractivity contribution in [2.45, 2.75) is 46.3 Å². The third-order valence-electron chi connectivity index (χ3n) is 5.53. The molecule has 1 fully saturated rings. The standard InChI is InChI=1S/C23H24N4O2S/c1-14-6-4-8-20-21(14)25-23(30-20)26-22(28)18(12-24)11-17-10-15(2)27(16(17)3)13-19-7-5-9-29-19/h4,6,8,10-11,19H,5,7,9,13H2,1-3H3,(H,25,26,28)/b18-11+/t19-/m0/s1. The number of amides is 1. The van der Waals surface area contributed by atoms with E-state index in [-0.39, 0.29) is 11.7 Å². The average molecular weight is 421 g/mol. The number of hydrogen-bond acceptors (Lipinski definition) is 5. The third kappa shape index (κ3) is 4.02. The minimum Gasteiger partial charge on any atom is -0.376 e. The predicted octanol–water partition coefficient (Wildman–Crippen LogP) is 4.75. The van der Waals surface area contributed by atoms with Crippen LogP contribution in [-0.4, -0.2) is 28.2 Å². The van der Waals surface area contributed by atoms with E-state index in [1.54, 1.807) is 6.08 Å². The molecule has 1 N–H and O–H groups in total. The summed E-state index contributed by atoms with van der Waals surface area (Å²) in [6, 6.07) is 9.97. The summed E-state index contributed by atoms with van der Waals surface area (Å²) in [5.41, 5.74) is 4.98. The number of anilines is 1. The van der Waals surface area contributed by atoms with Gasteiger partial charge in [-0.05, 0) is 62.9 Å². The van der Waals surface area contributed by atoms with Crippen molar-refractivity contribution in [1.29, 1.82) is 5.26 Å². The number of rotatable bonds is 5. The van der Waals surface area contributed by atoms with Crippen LogP contribution in [0.3, 0.4) is 0 Å². The van der Waals surface area contributed by atoms with Gasteiger partial charge in [-0.2, -0.15) is 5.26 Å². The summed E-state index contributed by atoms with van der Waals surface area (Å²) in [4.78, 5) is 17.2. The molecule has 1 saturated heterocycles. The smallest absolute Gasteiger partial charge is 0.268 e. The number of benzene rings is 1. The molecule has 2 aromatic heterocycles. The lowest BCUT2D eigenvalue weighted by molar-refractivity contribution is -0.112. The molecule has 1 aromatic carbocycles. The number of nitriles is 1. The molecule has 0 radical (unpaired) electrons. The monoisotopic (exact) mass is 420 g/mol. The molecule has 154 valence electrons. The highest BCUT2D eigenvalue weighted by Gasteiger charge is 2.19. The molecule has 1 atom stereocenters. The Labute approximate surface area is 179 Å². The first-order valence-electron chi connectivity index (χ1n) is 10.0. The number of aryl methyl sites for hydroxylation is 2. The van der Waals surface area contributed by atoms with Crippen molar-refractivity contribution in [2.24, 2.45) is 0 Å². The van der Waals surface area contributed by atoms with E-state index < -0.39 is 5.91 Å². The minimum absolute atomic E-state index is 0.0587. The molecule has 0 unspecified atom stereocenters. The van der Waals surface area contributed by atoms with E-state index in [9.17, 15) is 10.1 Å². The first-order chi connectivity index (χ1) is 14.5. The Bertz CT molecular complexity index is 1180. The van der Waals surface area contributed by atoms with Crippen LogP contribution >= 0.6 is 11.3 Å². The van der Waals surface area contributed by atoms with E-state index >= 15 is 0 Å². The van der Waals surface area contributed by atoms with E-state index in [1.807, 2.05) is 51.1 Å². The van der Waals surface area contributed by atoms with Gasteiger partial charge in [0, 0.05) is 24.5 Å².